The number of rotatable bonds is 1. The molecule has 0 radical (unpaired) electrons. The largest absolute Gasteiger partial charge is 0.376 e. The van der Waals surface area contributed by atoms with Crippen LogP contribution in [0.3, 0.4) is 0 Å². The molecule has 0 unspecified atom stereocenters. The van der Waals surface area contributed by atoms with Gasteiger partial charge in [0, 0.05) is 44.8 Å². The van der Waals surface area contributed by atoms with Crippen molar-refractivity contribution >= 4 is 75.0 Å². The first-order chi connectivity index (χ1) is 33.8. The van der Waals surface area contributed by atoms with Crippen LogP contribution in [0.2, 0.25) is 0 Å². The van der Waals surface area contributed by atoms with Gasteiger partial charge in [-0.25, -0.2) is 0 Å². The molecule has 0 bridgehead atoms. The average Bonchev–Trinajstić information content (AvgIpc) is 3.66. The average molecular weight is 937 g/mol. The van der Waals surface area contributed by atoms with Crippen LogP contribution < -0.4 is 41.4 Å². The molecule has 0 N–H and O–H groups in total. The van der Waals surface area contributed by atoms with E-state index in [4.69, 9.17) is 0 Å². The maximum Gasteiger partial charge on any atom is 0.333 e. The van der Waals surface area contributed by atoms with Gasteiger partial charge in [0.05, 0.1) is 0 Å². The second-order valence-electron chi connectivity index (χ2n) is 25.6. The fraction of sp³-hybridized carbons (Fsp3) is 0.284. The normalized spacial score (nSPS) is 18.8. The molecule has 2 nitrogen and oxygen atoms in total. The van der Waals surface area contributed by atoms with Gasteiger partial charge >= 0.3 is 6.85 Å². The lowest BCUT2D eigenvalue weighted by molar-refractivity contribution is 0.332. The van der Waals surface area contributed by atoms with Crippen LogP contribution in [0.5, 0.6) is 0 Å². The minimum absolute atomic E-state index is 0.0525. The molecule has 0 atom stereocenters. The van der Waals surface area contributed by atoms with Crippen molar-refractivity contribution in [2.24, 2.45) is 0 Å². The van der Waals surface area contributed by atoms with Crippen LogP contribution >= 0.6 is 0 Å². The minimum Gasteiger partial charge on any atom is -0.376 e. The summed E-state index contributed by atoms with van der Waals surface area (Å²) < 4.78 is 0. The van der Waals surface area contributed by atoms with Gasteiger partial charge in [-0.2, -0.15) is 0 Å². The Morgan fingerprint density at radius 3 is 1.61 bits per heavy atom. The molecule has 1 spiro atoms. The lowest BCUT2D eigenvalue weighted by atomic mass is 9.42. The van der Waals surface area contributed by atoms with Crippen LogP contribution in [0.15, 0.2) is 152 Å². The smallest absolute Gasteiger partial charge is 0.333 e. The van der Waals surface area contributed by atoms with Crippen molar-refractivity contribution in [1.82, 2.24) is 0 Å². The Morgan fingerprint density at radius 2 is 0.972 bits per heavy atom. The summed E-state index contributed by atoms with van der Waals surface area (Å²) in [5, 5.41) is 6.02. The van der Waals surface area contributed by atoms with Crippen molar-refractivity contribution in [2.45, 2.75) is 123 Å². The van der Waals surface area contributed by atoms with Gasteiger partial charge < -0.3 is 9.71 Å². The molecule has 4 aliphatic heterocycles. The highest BCUT2D eigenvalue weighted by Gasteiger charge is 2.58. The van der Waals surface area contributed by atoms with E-state index in [9.17, 15) is 0 Å². The van der Waals surface area contributed by atoms with Crippen LogP contribution in [0, 0.1) is 6.92 Å². The number of hydrogen-bond donors (Lipinski definition) is 0. The van der Waals surface area contributed by atoms with E-state index in [0.29, 0.717) is 0 Å². The molecular formula is C67H65BN2Si. The number of nitrogens with zero attached hydrogens (tertiary/aromatic N) is 2. The SMILES string of the molecule is Cc1cc2c(cc1N1c3cc4c(cc3B3c5c(cc(C(C)(C)C)cc51)-c1cccc5c1N3c1ccccc1[Si]51c3ccccc3-c3ccccc31)C(C)(C)c1ccccc1C4(C)C)C(C)(C)CCC2(C)C. The Balaban J connectivity index is 1.16. The van der Waals surface area contributed by atoms with E-state index < -0.39 is 8.07 Å². The summed E-state index contributed by atoms with van der Waals surface area (Å²) in [4.78, 5) is 5.62. The Hall–Kier alpha value is -6.36. The highest BCUT2D eigenvalue weighted by molar-refractivity contribution is 7.24. The monoisotopic (exact) mass is 937 g/mol. The highest BCUT2D eigenvalue weighted by atomic mass is 28.3. The first-order valence-corrected chi connectivity index (χ1v) is 28.4. The molecule has 4 heterocycles. The maximum atomic E-state index is 2.85. The maximum absolute atomic E-state index is 2.85. The van der Waals surface area contributed by atoms with Crippen molar-refractivity contribution in [3.05, 3.63) is 196 Å². The molecular weight excluding hydrogens is 872 g/mol. The van der Waals surface area contributed by atoms with Gasteiger partial charge in [-0.05, 0) is 153 Å². The van der Waals surface area contributed by atoms with Crippen molar-refractivity contribution in [3.8, 4) is 22.3 Å². The summed E-state index contributed by atoms with van der Waals surface area (Å²) in [6.07, 6.45) is 2.37. The summed E-state index contributed by atoms with van der Waals surface area (Å²) >= 11 is 0. The molecule has 0 amide bonds. The fourth-order valence-electron chi connectivity index (χ4n) is 15.1. The summed E-state index contributed by atoms with van der Waals surface area (Å²) in [7, 11) is -2.83. The number of hydrogen-bond acceptors (Lipinski definition) is 2. The minimum atomic E-state index is -2.83. The molecule has 14 rings (SSSR count). The van der Waals surface area contributed by atoms with E-state index >= 15 is 0 Å². The van der Waals surface area contributed by atoms with Crippen LogP contribution in [0.4, 0.5) is 28.4 Å². The molecule has 350 valence electrons. The molecule has 4 heteroatoms. The second kappa shape index (κ2) is 13.8. The van der Waals surface area contributed by atoms with E-state index in [1.807, 2.05) is 0 Å². The van der Waals surface area contributed by atoms with Crippen molar-refractivity contribution < 1.29 is 0 Å². The van der Waals surface area contributed by atoms with Gasteiger partial charge in [0.25, 0.3) is 0 Å². The first-order valence-electron chi connectivity index (χ1n) is 26.4. The number of aryl methyl sites for hydroxylation is 1. The fourth-order valence-corrected chi connectivity index (χ4v) is 20.7. The van der Waals surface area contributed by atoms with Gasteiger partial charge in [-0.1, -0.05) is 204 Å². The highest BCUT2D eigenvalue weighted by Crippen LogP contribution is 2.56. The lowest BCUT2D eigenvalue weighted by Gasteiger charge is -2.53. The van der Waals surface area contributed by atoms with Crippen LogP contribution in [0.25, 0.3) is 22.3 Å². The molecule has 8 aromatic rings. The summed E-state index contributed by atoms with van der Waals surface area (Å²) in [6, 6.07) is 61.0. The third kappa shape index (κ3) is 5.35. The van der Waals surface area contributed by atoms with E-state index in [0.717, 1.165) is 0 Å². The van der Waals surface area contributed by atoms with E-state index in [-0.39, 0.29) is 33.9 Å². The molecule has 71 heavy (non-hydrogen) atoms. The Kier molecular flexibility index (Phi) is 8.43. The third-order valence-corrected chi connectivity index (χ3v) is 24.0. The van der Waals surface area contributed by atoms with E-state index in [1.165, 1.54) is 140 Å². The second-order valence-corrected chi connectivity index (χ2v) is 29.2. The predicted molar refractivity (Wildman–Crippen MR) is 306 cm³/mol. The van der Waals surface area contributed by atoms with Gasteiger partial charge in [-0.3, -0.25) is 0 Å². The van der Waals surface area contributed by atoms with Crippen LogP contribution in [-0.4, -0.2) is 14.9 Å². The molecule has 0 fully saturated rings. The lowest BCUT2D eigenvalue weighted by Crippen LogP contribution is -2.78. The zero-order chi connectivity index (χ0) is 49.1. The Morgan fingerprint density at radius 1 is 0.451 bits per heavy atom. The van der Waals surface area contributed by atoms with Gasteiger partial charge in [0.1, 0.15) is 0 Å². The predicted octanol–water partition coefficient (Wildman–Crippen LogP) is 13.0. The third-order valence-electron chi connectivity index (χ3n) is 19.0. The van der Waals surface area contributed by atoms with Gasteiger partial charge in [0.15, 0.2) is 8.07 Å². The molecule has 0 saturated heterocycles. The number of anilines is 5. The van der Waals surface area contributed by atoms with Crippen LogP contribution in [-0.2, 0) is 27.1 Å². The number of para-hydroxylation sites is 2. The topological polar surface area (TPSA) is 6.48 Å². The van der Waals surface area contributed by atoms with Crippen LogP contribution in [0.1, 0.15) is 134 Å². The Labute approximate surface area is 423 Å². The quantitative estimate of drug-likeness (QED) is 0.151. The van der Waals surface area contributed by atoms with Crippen molar-refractivity contribution in [1.29, 1.82) is 0 Å². The molecule has 0 aromatic heterocycles. The van der Waals surface area contributed by atoms with E-state index in [1.54, 1.807) is 0 Å². The number of benzene rings is 8. The summed E-state index contributed by atoms with van der Waals surface area (Å²) in [5.74, 6) is 0. The molecule has 8 aromatic carbocycles. The molecule has 0 saturated carbocycles. The van der Waals surface area contributed by atoms with Crippen molar-refractivity contribution in [2.75, 3.05) is 9.71 Å². The zero-order valence-corrected chi connectivity index (χ0v) is 44.8. The Bertz CT molecular complexity index is 3650. The standard InChI is InChI=1S/C67H65BN2Si/c1-40-34-48-49(65(7,8)33-32-64(48,5)6)38-54(40)69-55-39-51-50(66(9,10)46-25-15-16-26-47(46)67(51,11)12)37-52(55)68-61-45(35-41(36-56(61)69)63(2,3)4)44-24-21-31-60-62(44)70(68)53-27-17-20-30-59(53)71(60)57-28-18-13-22-42(57)43-23-14-19-29-58(43)71/h13-31,34-39H,32-33H2,1-12H3. The first kappa shape index (κ1) is 43.4. The van der Waals surface area contributed by atoms with Gasteiger partial charge in [-0.15, -0.1) is 0 Å². The molecule has 2 aliphatic carbocycles. The van der Waals surface area contributed by atoms with E-state index in [2.05, 4.69) is 244 Å². The summed E-state index contributed by atoms with van der Waals surface area (Å²) in [6.45, 7) is 29.4. The summed E-state index contributed by atoms with van der Waals surface area (Å²) in [5.41, 5.74) is 26.1. The molecule has 6 aliphatic rings. The number of fused-ring (bicyclic) bond motifs is 16. The zero-order valence-electron chi connectivity index (χ0n) is 43.8. The van der Waals surface area contributed by atoms with Gasteiger partial charge in [0.2, 0.25) is 0 Å². The van der Waals surface area contributed by atoms with Crippen molar-refractivity contribution in [3.63, 3.8) is 0 Å².